The van der Waals surface area contributed by atoms with Crippen LogP contribution < -0.4 is 5.32 Å². The molecule has 0 aliphatic carbocycles. The number of hydrogen-bond donors (Lipinski definition) is 1. The molecule has 0 fully saturated rings. The van der Waals surface area contributed by atoms with Crippen molar-refractivity contribution in [2.45, 2.75) is 25.9 Å². The van der Waals surface area contributed by atoms with E-state index in [9.17, 15) is 19.7 Å². The van der Waals surface area contributed by atoms with Gasteiger partial charge in [0.15, 0.2) is 0 Å². The van der Waals surface area contributed by atoms with Gasteiger partial charge in [0.25, 0.3) is 5.69 Å². The van der Waals surface area contributed by atoms with E-state index in [2.05, 4.69) is 21.2 Å². The first-order valence-corrected chi connectivity index (χ1v) is 9.10. The number of nitrogens with one attached hydrogen (secondary N) is 1. The van der Waals surface area contributed by atoms with Crippen LogP contribution in [0.25, 0.3) is 0 Å². The number of para-hydroxylation sites is 1. The van der Waals surface area contributed by atoms with Crippen molar-refractivity contribution in [2.75, 3.05) is 7.05 Å². The molecule has 8 heteroatoms. The third-order valence-electron chi connectivity index (χ3n) is 4.21. The minimum Gasteiger partial charge on any atom is -0.357 e. The van der Waals surface area contributed by atoms with Crippen molar-refractivity contribution in [3.05, 3.63) is 74.2 Å². The second kappa shape index (κ2) is 9.27. The molecule has 1 N–H and O–H groups in total. The van der Waals surface area contributed by atoms with Gasteiger partial charge in [0.2, 0.25) is 11.8 Å². The third kappa shape index (κ3) is 5.37. The first-order valence-electron chi connectivity index (χ1n) is 8.31. The van der Waals surface area contributed by atoms with Crippen LogP contribution in [0, 0.1) is 10.1 Å². The predicted octanol–water partition coefficient (Wildman–Crippen LogP) is 3.06. The molecule has 0 saturated heterocycles. The Balaban J connectivity index is 2.29. The number of nitro groups is 1. The molecule has 2 rings (SSSR count). The van der Waals surface area contributed by atoms with Crippen LogP contribution >= 0.6 is 15.9 Å². The summed E-state index contributed by atoms with van der Waals surface area (Å²) < 4.78 is 0.906. The molecule has 27 heavy (non-hydrogen) atoms. The summed E-state index contributed by atoms with van der Waals surface area (Å²) in [6, 6.07) is 12.8. The fourth-order valence-electron chi connectivity index (χ4n) is 2.68. The number of nitrogens with zero attached hydrogens (tertiary/aromatic N) is 2. The van der Waals surface area contributed by atoms with Crippen LogP contribution in [0.4, 0.5) is 5.69 Å². The molecule has 0 aliphatic rings. The lowest BCUT2D eigenvalue weighted by Crippen LogP contribution is -2.47. The van der Waals surface area contributed by atoms with E-state index < -0.39 is 11.0 Å². The van der Waals surface area contributed by atoms with Crippen molar-refractivity contribution in [1.82, 2.24) is 10.2 Å². The van der Waals surface area contributed by atoms with E-state index in [0.717, 1.165) is 10.0 Å². The Morgan fingerprint density at radius 2 is 1.81 bits per heavy atom. The number of carbonyl (C=O) groups excluding carboxylic acids is 2. The highest BCUT2D eigenvalue weighted by Gasteiger charge is 2.27. The zero-order chi connectivity index (χ0) is 20.0. The van der Waals surface area contributed by atoms with Crippen molar-refractivity contribution in [3.63, 3.8) is 0 Å². The fourth-order valence-corrected chi connectivity index (χ4v) is 2.95. The summed E-state index contributed by atoms with van der Waals surface area (Å²) in [5, 5.41) is 13.7. The van der Waals surface area contributed by atoms with E-state index in [-0.39, 0.29) is 30.5 Å². The Morgan fingerprint density at radius 3 is 2.41 bits per heavy atom. The van der Waals surface area contributed by atoms with E-state index in [4.69, 9.17) is 0 Å². The van der Waals surface area contributed by atoms with Gasteiger partial charge in [-0.25, -0.2) is 0 Å². The maximum absolute atomic E-state index is 12.9. The minimum atomic E-state index is -0.714. The molecule has 7 nitrogen and oxygen atoms in total. The van der Waals surface area contributed by atoms with Crippen LogP contribution in [-0.2, 0) is 22.6 Å². The van der Waals surface area contributed by atoms with Crippen LogP contribution in [-0.4, -0.2) is 34.7 Å². The van der Waals surface area contributed by atoms with Gasteiger partial charge in [-0.1, -0.05) is 46.3 Å². The lowest BCUT2D eigenvalue weighted by molar-refractivity contribution is -0.385. The molecule has 1 atom stereocenters. The van der Waals surface area contributed by atoms with E-state index in [1.165, 1.54) is 18.0 Å². The quantitative estimate of drug-likeness (QED) is 0.536. The average molecular weight is 434 g/mol. The molecule has 0 bridgehead atoms. The number of benzene rings is 2. The molecule has 0 saturated carbocycles. The average Bonchev–Trinajstić information content (AvgIpc) is 2.66. The lowest BCUT2D eigenvalue weighted by atomic mass is 10.1. The summed E-state index contributed by atoms with van der Waals surface area (Å²) in [7, 11) is 1.50. The van der Waals surface area contributed by atoms with Crippen LogP contribution in [0.2, 0.25) is 0 Å². The summed E-state index contributed by atoms with van der Waals surface area (Å²) in [4.78, 5) is 37.2. The molecule has 2 amide bonds. The minimum absolute atomic E-state index is 0.109. The zero-order valence-electron chi connectivity index (χ0n) is 15.0. The van der Waals surface area contributed by atoms with Gasteiger partial charge < -0.3 is 10.2 Å². The van der Waals surface area contributed by atoms with E-state index in [1.54, 1.807) is 25.1 Å². The molecule has 2 aromatic carbocycles. The van der Waals surface area contributed by atoms with Gasteiger partial charge in [-0.3, -0.25) is 19.7 Å². The molecule has 0 radical (unpaired) electrons. The molecular formula is C19H20BrN3O4. The predicted molar refractivity (Wildman–Crippen MR) is 105 cm³/mol. The second-order valence-corrected chi connectivity index (χ2v) is 6.92. The Morgan fingerprint density at radius 1 is 1.19 bits per heavy atom. The largest absolute Gasteiger partial charge is 0.357 e. The van der Waals surface area contributed by atoms with Crippen molar-refractivity contribution in [2.24, 2.45) is 0 Å². The monoisotopic (exact) mass is 433 g/mol. The number of carbonyl (C=O) groups is 2. The smallest absolute Gasteiger partial charge is 0.273 e. The highest BCUT2D eigenvalue weighted by Crippen LogP contribution is 2.20. The zero-order valence-corrected chi connectivity index (χ0v) is 16.6. The van der Waals surface area contributed by atoms with E-state index in [0.29, 0.717) is 5.56 Å². The maximum Gasteiger partial charge on any atom is 0.273 e. The lowest BCUT2D eigenvalue weighted by Gasteiger charge is -2.28. The number of halogens is 1. The number of hydrogen-bond acceptors (Lipinski definition) is 4. The van der Waals surface area contributed by atoms with Gasteiger partial charge >= 0.3 is 0 Å². The number of rotatable bonds is 7. The van der Waals surface area contributed by atoms with E-state index >= 15 is 0 Å². The van der Waals surface area contributed by atoms with Crippen LogP contribution in [0.15, 0.2) is 53.0 Å². The van der Waals surface area contributed by atoms with Crippen molar-refractivity contribution in [3.8, 4) is 0 Å². The molecule has 0 heterocycles. The molecule has 0 spiro atoms. The van der Waals surface area contributed by atoms with Crippen molar-refractivity contribution >= 4 is 33.4 Å². The second-order valence-electron chi connectivity index (χ2n) is 6.00. The summed E-state index contributed by atoms with van der Waals surface area (Å²) in [6.45, 7) is 1.86. The highest BCUT2D eigenvalue weighted by molar-refractivity contribution is 9.10. The van der Waals surface area contributed by atoms with Crippen LogP contribution in [0.5, 0.6) is 0 Å². The van der Waals surface area contributed by atoms with Crippen LogP contribution in [0.1, 0.15) is 18.1 Å². The molecule has 0 unspecified atom stereocenters. The molecule has 142 valence electrons. The van der Waals surface area contributed by atoms with Gasteiger partial charge in [-0.15, -0.1) is 0 Å². The van der Waals surface area contributed by atoms with Crippen LogP contribution in [0.3, 0.4) is 0 Å². The first-order chi connectivity index (χ1) is 12.8. The number of likely N-dealkylation sites (N-methyl/N-ethyl adjacent to an activating group) is 1. The SMILES string of the molecule is CNC(=O)[C@@H](C)N(Cc1ccc(Br)cc1)C(=O)Cc1ccccc1[N+](=O)[O-]. The Bertz CT molecular complexity index is 839. The summed E-state index contributed by atoms with van der Waals surface area (Å²) in [5.41, 5.74) is 1.06. The first kappa shape index (κ1) is 20.6. The Hall–Kier alpha value is -2.74. The van der Waals surface area contributed by atoms with Gasteiger partial charge in [0.05, 0.1) is 11.3 Å². The molecule has 0 aromatic heterocycles. The van der Waals surface area contributed by atoms with Crippen molar-refractivity contribution < 1.29 is 14.5 Å². The summed E-state index contributed by atoms with van der Waals surface area (Å²) in [6.07, 6.45) is -0.158. The highest BCUT2D eigenvalue weighted by atomic mass is 79.9. The van der Waals surface area contributed by atoms with Gasteiger partial charge in [-0.2, -0.15) is 0 Å². The topological polar surface area (TPSA) is 92.6 Å². The Kier molecular flexibility index (Phi) is 7.06. The molecule has 0 aliphatic heterocycles. The van der Waals surface area contributed by atoms with Gasteiger partial charge in [0.1, 0.15) is 6.04 Å². The van der Waals surface area contributed by atoms with E-state index in [1.807, 2.05) is 24.3 Å². The fraction of sp³-hybridized carbons (Fsp3) is 0.263. The van der Waals surface area contributed by atoms with Gasteiger partial charge in [0, 0.05) is 29.7 Å². The Labute approximate surface area is 165 Å². The molecule has 2 aromatic rings. The van der Waals surface area contributed by atoms with Crippen molar-refractivity contribution in [1.29, 1.82) is 0 Å². The maximum atomic E-state index is 12.9. The standard InChI is InChI=1S/C19H20BrN3O4/c1-13(19(25)21-2)22(12-14-7-9-16(20)10-8-14)18(24)11-15-5-3-4-6-17(15)23(26)27/h3-10,13H,11-12H2,1-2H3,(H,21,25)/t13-/m1/s1. The number of amides is 2. The third-order valence-corrected chi connectivity index (χ3v) is 4.74. The molecular weight excluding hydrogens is 414 g/mol. The normalized spacial score (nSPS) is 11.5. The number of nitro benzene ring substituents is 1. The van der Waals surface area contributed by atoms with Gasteiger partial charge in [-0.05, 0) is 24.6 Å². The summed E-state index contributed by atoms with van der Waals surface area (Å²) in [5.74, 6) is -0.661. The summed E-state index contributed by atoms with van der Waals surface area (Å²) >= 11 is 3.36.